The molecule has 1 aromatic rings. The van der Waals surface area contributed by atoms with Crippen molar-refractivity contribution in [3.05, 3.63) is 29.8 Å². The number of unbranched alkanes of at least 4 members (excludes halogenated alkanes) is 1. The van der Waals surface area contributed by atoms with E-state index in [4.69, 9.17) is 4.74 Å². The fourth-order valence-electron chi connectivity index (χ4n) is 0.962. The van der Waals surface area contributed by atoms with Crippen LogP contribution in [0, 0.1) is 13.0 Å². The van der Waals surface area contributed by atoms with E-state index >= 15 is 0 Å². The van der Waals surface area contributed by atoms with Gasteiger partial charge in [0.05, 0.1) is 6.61 Å². The predicted octanol–water partition coefficient (Wildman–Crippen LogP) is 2.97. The number of ether oxygens (including phenoxy) is 1. The molecule has 0 unspecified atom stereocenters. The molecule has 0 fully saturated rings. The Balaban J connectivity index is 2.41. The lowest BCUT2D eigenvalue weighted by atomic mass is 10.2. The van der Waals surface area contributed by atoms with Crippen molar-refractivity contribution in [2.24, 2.45) is 0 Å². The van der Waals surface area contributed by atoms with E-state index in [2.05, 4.69) is 19.9 Å². The number of hydrogen-bond donors (Lipinski definition) is 0. The molecule has 0 saturated carbocycles. The van der Waals surface area contributed by atoms with Crippen molar-refractivity contribution in [3.8, 4) is 5.75 Å². The molecule has 0 aliphatic heterocycles. The summed E-state index contributed by atoms with van der Waals surface area (Å²) in [5, 5.41) is 0. The second kappa shape index (κ2) is 4.81. The molecule has 1 rings (SSSR count). The fraction of sp³-hybridized carbons (Fsp3) is 0.455. The molecule has 0 aromatic heterocycles. The lowest BCUT2D eigenvalue weighted by Gasteiger charge is -2.04. The van der Waals surface area contributed by atoms with Crippen LogP contribution in [0.5, 0.6) is 5.75 Å². The van der Waals surface area contributed by atoms with Crippen molar-refractivity contribution < 1.29 is 4.74 Å². The van der Waals surface area contributed by atoms with E-state index in [-0.39, 0.29) is 0 Å². The predicted molar refractivity (Wildman–Crippen MR) is 50.4 cm³/mol. The first-order chi connectivity index (χ1) is 5.83. The van der Waals surface area contributed by atoms with E-state index in [1.807, 2.05) is 18.2 Å². The number of benzene rings is 1. The van der Waals surface area contributed by atoms with Crippen LogP contribution in [0.15, 0.2) is 18.2 Å². The van der Waals surface area contributed by atoms with Gasteiger partial charge in [0.25, 0.3) is 0 Å². The van der Waals surface area contributed by atoms with Crippen LogP contribution in [0.1, 0.15) is 25.3 Å². The Morgan fingerprint density at radius 1 is 1.50 bits per heavy atom. The van der Waals surface area contributed by atoms with Gasteiger partial charge >= 0.3 is 0 Å². The van der Waals surface area contributed by atoms with E-state index < -0.39 is 0 Å². The van der Waals surface area contributed by atoms with E-state index in [1.165, 1.54) is 12.0 Å². The first kappa shape index (κ1) is 9.11. The molecule has 0 amide bonds. The number of hydrogen-bond acceptors (Lipinski definition) is 1. The highest BCUT2D eigenvalue weighted by molar-refractivity contribution is 5.25. The highest BCUT2D eigenvalue weighted by Crippen LogP contribution is 2.11. The third-order valence-corrected chi connectivity index (χ3v) is 1.69. The van der Waals surface area contributed by atoms with Crippen molar-refractivity contribution in [1.82, 2.24) is 0 Å². The molecule has 1 heteroatoms. The van der Waals surface area contributed by atoms with Crippen LogP contribution >= 0.6 is 0 Å². The van der Waals surface area contributed by atoms with Gasteiger partial charge in [0.1, 0.15) is 5.75 Å². The zero-order valence-electron chi connectivity index (χ0n) is 7.76. The first-order valence-electron chi connectivity index (χ1n) is 4.44. The highest BCUT2D eigenvalue weighted by Gasteiger charge is 1.92. The molecular weight excluding hydrogens is 148 g/mol. The van der Waals surface area contributed by atoms with E-state index in [9.17, 15) is 0 Å². The van der Waals surface area contributed by atoms with E-state index in [0.717, 1.165) is 18.8 Å². The molecule has 0 atom stereocenters. The largest absolute Gasteiger partial charge is 0.493 e. The molecule has 65 valence electrons. The minimum atomic E-state index is 0.802. The Morgan fingerprint density at radius 3 is 3.00 bits per heavy atom. The van der Waals surface area contributed by atoms with Crippen LogP contribution in [0.25, 0.3) is 0 Å². The maximum atomic E-state index is 5.47. The van der Waals surface area contributed by atoms with Crippen LogP contribution in [-0.4, -0.2) is 6.61 Å². The van der Waals surface area contributed by atoms with Gasteiger partial charge in [-0.15, -0.1) is 0 Å². The zero-order chi connectivity index (χ0) is 8.81. The zero-order valence-corrected chi connectivity index (χ0v) is 7.76. The van der Waals surface area contributed by atoms with Gasteiger partial charge in [-0.3, -0.25) is 0 Å². The molecule has 1 aromatic carbocycles. The van der Waals surface area contributed by atoms with Gasteiger partial charge in [0, 0.05) is 6.07 Å². The van der Waals surface area contributed by atoms with Crippen molar-refractivity contribution in [2.75, 3.05) is 6.61 Å². The molecule has 0 bridgehead atoms. The van der Waals surface area contributed by atoms with Crippen molar-refractivity contribution in [1.29, 1.82) is 0 Å². The minimum Gasteiger partial charge on any atom is -0.493 e. The topological polar surface area (TPSA) is 9.23 Å². The minimum absolute atomic E-state index is 0.802. The summed E-state index contributed by atoms with van der Waals surface area (Å²) in [6.45, 7) is 5.01. The van der Waals surface area contributed by atoms with Gasteiger partial charge in [-0.25, -0.2) is 0 Å². The van der Waals surface area contributed by atoms with Crippen LogP contribution < -0.4 is 4.74 Å². The molecule has 0 aliphatic carbocycles. The average molecular weight is 163 g/mol. The summed E-state index contributed by atoms with van der Waals surface area (Å²) in [4.78, 5) is 0. The van der Waals surface area contributed by atoms with Gasteiger partial charge in [-0.1, -0.05) is 25.5 Å². The van der Waals surface area contributed by atoms with Crippen molar-refractivity contribution in [3.63, 3.8) is 0 Å². The quantitative estimate of drug-likeness (QED) is 0.620. The molecule has 0 saturated heterocycles. The van der Waals surface area contributed by atoms with E-state index in [0.29, 0.717) is 0 Å². The lowest BCUT2D eigenvalue weighted by molar-refractivity contribution is 0.308. The number of aryl methyl sites for hydroxylation is 1. The van der Waals surface area contributed by atoms with Gasteiger partial charge < -0.3 is 4.74 Å². The van der Waals surface area contributed by atoms with Gasteiger partial charge in [-0.2, -0.15) is 0 Å². The summed E-state index contributed by atoms with van der Waals surface area (Å²) in [6, 6.07) is 8.98. The van der Waals surface area contributed by atoms with Crippen molar-refractivity contribution in [2.45, 2.75) is 26.7 Å². The SMILES string of the molecule is CCCCOc1[c]ccc(C)c1. The Labute approximate surface area is 74.4 Å². The van der Waals surface area contributed by atoms with Gasteiger partial charge in [0.15, 0.2) is 0 Å². The molecule has 1 radical (unpaired) electrons. The molecule has 0 aliphatic rings. The molecule has 0 heterocycles. The van der Waals surface area contributed by atoms with E-state index in [1.54, 1.807) is 0 Å². The molecular formula is C11H15O. The smallest absolute Gasteiger partial charge is 0.127 e. The fourth-order valence-corrected chi connectivity index (χ4v) is 0.962. The van der Waals surface area contributed by atoms with Gasteiger partial charge in [0.2, 0.25) is 0 Å². The standard InChI is InChI=1S/C11H15O/c1-3-4-8-12-11-7-5-6-10(2)9-11/h5-6,9H,3-4,8H2,1-2H3. The second-order valence-corrected chi connectivity index (χ2v) is 2.93. The van der Waals surface area contributed by atoms with Crippen LogP contribution in [0.2, 0.25) is 0 Å². The summed E-state index contributed by atoms with van der Waals surface area (Å²) in [7, 11) is 0. The normalized spacial score (nSPS) is 9.83. The Kier molecular flexibility index (Phi) is 3.65. The second-order valence-electron chi connectivity index (χ2n) is 2.93. The van der Waals surface area contributed by atoms with Crippen LogP contribution in [0.3, 0.4) is 0 Å². The number of rotatable bonds is 4. The molecule has 1 nitrogen and oxygen atoms in total. The Hall–Kier alpha value is -0.980. The lowest BCUT2D eigenvalue weighted by Crippen LogP contribution is -1.96. The Bertz CT molecular complexity index is 230. The summed E-state index contributed by atoms with van der Waals surface area (Å²) in [5.74, 6) is 0.864. The maximum absolute atomic E-state index is 5.47. The summed E-state index contributed by atoms with van der Waals surface area (Å²) in [6.07, 6.45) is 2.29. The van der Waals surface area contributed by atoms with Crippen LogP contribution in [0.4, 0.5) is 0 Å². The summed E-state index contributed by atoms with van der Waals surface area (Å²) < 4.78 is 5.47. The van der Waals surface area contributed by atoms with Crippen LogP contribution in [-0.2, 0) is 0 Å². The molecule has 0 spiro atoms. The third kappa shape index (κ3) is 2.95. The molecule has 0 N–H and O–H groups in total. The maximum Gasteiger partial charge on any atom is 0.127 e. The third-order valence-electron chi connectivity index (χ3n) is 1.69. The average Bonchev–Trinajstić information content (AvgIpc) is 2.05. The molecule has 12 heavy (non-hydrogen) atoms. The highest BCUT2D eigenvalue weighted by atomic mass is 16.5. The first-order valence-corrected chi connectivity index (χ1v) is 4.44. The summed E-state index contributed by atoms with van der Waals surface area (Å²) >= 11 is 0. The van der Waals surface area contributed by atoms with Gasteiger partial charge in [-0.05, 0) is 25.0 Å². The van der Waals surface area contributed by atoms with Crippen molar-refractivity contribution >= 4 is 0 Å². The Morgan fingerprint density at radius 2 is 2.33 bits per heavy atom. The monoisotopic (exact) mass is 163 g/mol. The summed E-state index contributed by atoms with van der Waals surface area (Å²) in [5.41, 5.74) is 1.22.